The number of aromatic amines is 1. The van der Waals surface area contributed by atoms with E-state index in [0.717, 1.165) is 12.5 Å². The first kappa shape index (κ1) is 10.6. The maximum Gasteiger partial charge on any atom is 0.105 e. The molecule has 0 aliphatic carbocycles. The molecule has 0 radical (unpaired) electrons. The van der Waals surface area contributed by atoms with Gasteiger partial charge in [-0.25, -0.2) is 0 Å². The molecular formula is C12H21N3. The van der Waals surface area contributed by atoms with Gasteiger partial charge in [-0.3, -0.25) is 0 Å². The average molecular weight is 207 g/mol. The first-order valence-corrected chi connectivity index (χ1v) is 5.91. The lowest BCUT2D eigenvalue weighted by molar-refractivity contribution is 0.360. The zero-order valence-electron chi connectivity index (χ0n) is 9.50. The average Bonchev–Trinajstić information content (AvgIpc) is 2.81. The molecule has 3 nitrogen and oxygen atoms in total. The zero-order valence-corrected chi connectivity index (χ0v) is 9.50. The molecular weight excluding hydrogens is 186 g/mol. The van der Waals surface area contributed by atoms with Crippen LogP contribution in [0.4, 0.5) is 5.82 Å². The van der Waals surface area contributed by atoms with Gasteiger partial charge >= 0.3 is 0 Å². The summed E-state index contributed by atoms with van der Waals surface area (Å²) in [4.78, 5) is 5.54. The highest BCUT2D eigenvalue weighted by Gasteiger charge is 2.13. The lowest BCUT2D eigenvalue weighted by atomic mass is 9.96. The predicted molar refractivity (Wildman–Crippen MR) is 64.3 cm³/mol. The van der Waals surface area contributed by atoms with E-state index in [0.29, 0.717) is 0 Å². The van der Waals surface area contributed by atoms with Crippen LogP contribution in [-0.2, 0) is 0 Å². The molecule has 2 N–H and O–H groups in total. The normalized spacial score (nSPS) is 21.5. The van der Waals surface area contributed by atoms with Gasteiger partial charge in [0.25, 0.3) is 0 Å². The van der Waals surface area contributed by atoms with Crippen LogP contribution in [0.5, 0.6) is 0 Å². The molecule has 1 aromatic rings. The molecule has 1 aliphatic heterocycles. The highest BCUT2D eigenvalue weighted by atomic mass is 15.2. The monoisotopic (exact) mass is 207 g/mol. The maximum atomic E-state index is 3.47. The van der Waals surface area contributed by atoms with Crippen molar-refractivity contribution in [3.05, 3.63) is 18.3 Å². The van der Waals surface area contributed by atoms with E-state index in [-0.39, 0.29) is 0 Å². The van der Waals surface area contributed by atoms with Crippen molar-refractivity contribution >= 4 is 5.82 Å². The number of H-pyrrole nitrogens is 1. The van der Waals surface area contributed by atoms with E-state index in [9.17, 15) is 0 Å². The number of hydrogen-bond acceptors (Lipinski definition) is 2. The summed E-state index contributed by atoms with van der Waals surface area (Å²) in [5.41, 5.74) is 0. The quantitative estimate of drug-likeness (QED) is 0.789. The van der Waals surface area contributed by atoms with Crippen molar-refractivity contribution in [1.82, 2.24) is 10.3 Å². The van der Waals surface area contributed by atoms with Crippen LogP contribution in [0, 0.1) is 5.92 Å². The Balaban J connectivity index is 1.73. The zero-order chi connectivity index (χ0) is 10.5. The summed E-state index contributed by atoms with van der Waals surface area (Å²) in [6.45, 7) is 3.56. The fourth-order valence-electron chi connectivity index (χ4n) is 2.23. The van der Waals surface area contributed by atoms with Crippen LogP contribution < -0.4 is 10.2 Å². The third-order valence-corrected chi connectivity index (χ3v) is 3.26. The highest BCUT2D eigenvalue weighted by Crippen LogP contribution is 2.16. The smallest absolute Gasteiger partial charge is 0.105 e. The van der Waals surface area contributed by atoms with Crippen molar-refractivity contribution in [2.24, 2.45) is 5.92 Å². The van der Waals surface area contributed by atoms with Gasteiger partial charge in [0.1, 0.15) is 5.82 Å². The maximum absolute atomic E-state index is 3.47. The Bertz CT molecular complexity index is 262. The molecule has 0 spiro atoms. The summed E-state index contributed by atoms with van der Waals surface area (Å²) in [7, 11) is 2.15. The van der Waals surface area contributed by atoms with E-state index < -0.39 is 0 Å². The van der Waals surface area contributed by atoms with Crippen LogP contribution in [0.1, 0.15) is 19.3 Å². The molecule has 2 rings (SSSR count). The Kier molecular flexibility index (Phi) is 3.67. The highest BCUT2D eigenvalue weighted by molar-refractivity contribution is 5.37. The Morgan fingerprint density at radius 2 is 2.47 bits per heavy atom. The number of nitrogens with zero attached hydrogens (tertiary/aromatic N) is 1. The van der Waals surface area contributed by atoms with Gasteiger partial charge in [-0.05, 0) is 50.4 Å². The number of hydrogen-bond donors (Lipinski definition) is 2. The van der Waals surface area contributed by atoms with Gasteiger partial charge in [0.2, 0.25) is 0 Å². The van der Waals surface area contributed by atoms with Gasteiger partial charge in [-0.2, -0.15) is 0 Å². The third kappa shape index (κ3) is 2.99. The molecule has 1 unspecified atom stereocenters. The van der Waals surface area contributed by atoms with E-state index in [4.69, 9.17) is 0 Å². The van der Waals surface area contributed by atoms with Gasteiger partial charge in [0, 0.05) is 19.8 Å². The topological polar surface area (TPSA) is 31.1 Å². The molecule has 0 saturated carbocycles. The fraction of sp³-hybridized carbons (Fsp3) is 0.667. The molecule has 0 bridgehead atoms. The largest absolute Gasteiger partial charge is 0.361 e. The van der Waals surface area contributed by atoms with Crippen molar-refractivity contribution in [1.29, 1.82) is 0 Å². The molecule has 84 valence electrons. The first-order chi connectivity index (χ1) is 7.36. The Morgan fingerprint density at radius 1 is 1.53 bits per heavy atom. The van der Waals surface area contributed by atoms with Crippen LogP contribution in [0.15, 0.2) is 18.3 Å². The lowest BCUT2D eigenvalue weighted by Gasteiger charge is -2.25. The van der Waals surface area contributed by atoms with Crippen LogP contribution >= 0.6 is 0 Å². The molecule has 3 heteroatoms. The molecule has 2 heterocycles. The van der Waals surface area contributed by atoms with E-state index in [1.54, 1.807) is 0 Å². The summed E-state index contributed by atoms with van der Waals surface area (Å²) < 4.78 is 0. The number of aromatic nitrogens is 1. The van der Waals surface area contributed by atoms with E-state index in [2.05, 4.69) is 28.3 Å². The van der Waals surface area contributed by atoms with Crippen LogP contribution in [0.25, 0.3) is 0 Å². The van der Waals surface area contributed by atoms with Gasteiger partial charge in [0.05, 0.1) is 0 Å². The summed E-state index contributed by atoms with van der Waals surface area (Å²) in [6, 6.07) is 4.17. The van der Waals surface area contributed by atoms with Crippen molar-refractivity contribution in [2.75, 3.05) is 31.6 Å². The standard InChI is InChI=1S/C12H21N3/c1-15(12-5-3-8-14-12)9-6-11-4-2-7-13-10-11/h3,5,8,11,13-14H,2,4,6-7,9-10H2,1H3. The Hall–Kier alpha value is -0.960. The minimum absolute atomic E-state index is 0.871. The molecule has 1 fully saturated rings. The van der Waals surface area contributed by atoms with Gasteiger partial charge in [-0.15, -0.1) is 0 Å². The number of piperidine rings is 1. The molecule has 1 saturated heterocycles. The van der Waals surface area contributed by atoms with E-state index >= 15 is 0 Å². The number of anilines is 1. The second-order valence-corrected chi connectivity index (χ2v) is 4.48. The molecule has 0 amide bonds. The van der Waals surface area contributed by atoms with Crippen LogP contribution in [-0.4, -0.2) is 31.7 Å². The molecule has 0 aromatic carbocycles. The third-order valence-electron chi connectivity index (χ3n) is 3.26. The molecule has 1 atom stereocenters. The van der Waals surface area contributed by atoms with Crippen molar-refractivity contribution in [2.45, 2.75) is 19.3 Å². The lowest BCUT2D eigenvalue weighted by Crippen LogP contribution is -2.32. The van der Waals surface area contributed by atoms with Crippen molar-refractivity contribution in [3.8, 4) is 0 Å². The summed E-state index contributed by atoms with van der Waals surface area (Å²) >= 11 is 0. The second kappa shape index (κ2) is 5.21. The molecule has 15 heavy (non-hydrogen) atoms. The number of rotatable bonds is 4. The van der Waals surface area contributed by atoms with Gasteiger partial charge in [0.15, 0.2) is 0 Å². The Labute approximate surface area is 91.9 Å². The molecule has 1 aliphatic rings. The first-order valence-electron chi connectivity index (χ1n) is 5.91. The minimum Gasteiger partial charge on any atom is -0.361 e. The minimum atomic E-state index is 0.871. The Morgan fingerprint density at radius 3 is 3.13 bits per heavy atom. The summed E-state index contributed by atoms with van der Waals surface area (Å²) in [6.07, 6.45) is 6.01. The van der Waals surface area contributed by atoms with Crippen LogP contribution in [0.3, 0.4) is 0 Å². The predicted octanol–water partition coefficient (Wildman–Crippen LogP) is 1.84. The van der Waals surface area contributed by atoms with Crippen molar-refractivity contribution in [3.63, 3.8) is 0 Å². The molecule has 1 aromatic heterocycles. The second-order valence-electron chi connectivity index (χ2n) is 4.48. The van der Waals surface area contributed by atoms with Crippen molar-refractivity contribution < 1.29 is 0 Å². The van der Waals surface area contributed by atoms with Gasteiger partial charge < -0.3 is 15.2 Å². The van der Waals surface area contributed by atoms with Gasteiger partial charge in [-0.1, -0.05) is 0 Å². The van der Waals surface area contributed by atoms with E-state index in [1.165, 1.54) is 38.2 Å². The van der Waals surface area contributed by atoms with E-state index in [1.807, 2.05) is 12.3 Å². The SMILES string of the molecule is CN(CCC1CCCNC1)c1ccc[nH]1. The van der Waals surface area contributed by atoms with Crippen LogP contribution in [0.2, 0.25) is 0 Å². The summed E-state index contributed by atoms with van der Waals surface area (Å²) in [5, 5.41) is 3.47. The number of nitrogens with one attached hydrogen (secondary N) is 2. The fourth-order valence-corrected chi connectivity index (χ4v) is 2.23. The summed E-state index contributed by atoms with van der Waals surface area (Å²) in [5.74, 6) is 2.09.